The number of benzene rings is 1. The molecule has 0 N–H and O–H groups in total. The number of likely N-dealkylation sites (N-methyl/N-ethyl adjacent to an activating group) is 1. The molecule has 0 radical (unpaired) electrons. The third-order valence-electron chi connectivity index (χ3n) is 6.14. The lowest BCUT2D eigenvalue weighted by Gasteiger charge is -2.38. The molecule has 0 amide bonds. The highest BCUT2D eigenvalue weighted by atomic mass is 15.3. The van der Waals surface area contributed by atoms with E-state index in [2.05, 4.69) is 59.9 Å². The SMILES string of the molecule is CN1CCc2ncnc(N3CCN(c4ccc5ncnc(N(C)C)c5c4)CC3)c2C1. The summed E-state index contributed by atoms with van der Waals surface area (Å²) in [6.07, 6.45) is 4.38. The molecule has 0 spiro atoms. The van der Waals surface area contributed by atoms with Crippen molar-refractivity contribution >= 4 is 28.2 Å². The Morgan fingerprint density at radius 1 is 0.867 bits per heavy atom. The minimum Gasteiger partial charge on any atom is -0.368 e. The fourth-order valence-electron chi connectivity index (χ4n) is 4.49. The van der Waals surface area contributed by atoms with Crippen molar-refractivity contribution in [3.8, 4) is 0 Å². The molecular weight excluding hydrogens is 376 g/mol. The lowest BCUT2D eigenvalue weighted by molar-refractivity contribution is 0.309. The molecule has 8 nitrogen and oxygen atoms in total. The van der Waals surface area contributed by atoms with Crippen LogP contribution in [0.3, 0.4) is 0 Å². The quantitative estimate of drug-likeness (QED) is 0.655. The van der Waals surface area contributed by atoms with Gasteiger partial charge < -0.3 is 19.6 Å². The van der Waals surface area contributed by atoms with E-state index in [0.29, 0.717) is 0 Å². The van der Waals surface area contributed by atoms with E-state index in [4.69, 9.17) is 0 Å². The van der Waals surface area contributed by atoms with Gasteiger partial charge in [0.05, 0.1) is 11.2 Å². The van der Waals surface area contributed by atoms with Gasteiger partial charge in [0.15, 0.2) is 0 Å². The highest BCUT2D eigenvalue weighted by Gasteiger charge is 2.25. The van der Waals surface area contributed by atoms with Gasteiger partial charge in [-0.2, -0.15) is 0 Å². The maximum absolute atomic E-state index is 4.67. The Labute approximate surface area is 177 Å². The largest absolute Gasteiger partial charge is 0.368 e. The summed E-state index contributed by atoms with van der Waals surface area (Å²) >= 11 is 0. The lowest BCUT2D eigenvalue weighted by atomic mass is 10.1. The Hall–Kier alpha value is -3.00. The van der Waals surface area contributed by atoms with Gasteiger partial charge in [0.1, 0.15) is 24.3 Å². The van der Waals surface area contributed by atoms with Gasteiger partial charge in [-0.05, 0) is 25.2 Å². The summed E-state index contributed by atoms with van der Waals surface area (Å²) in [5.74, 6) is 2.07. The minimum absolute atomic E-state index is 0.934. The predicted molar refractivity (Wildman–Crippen MR) is 120 cm³/mol. The molecule has 3 aromatic rings. The Bertz CT molecular complexity index is 1060. The molecule has 1 saturated heterocycles. The van der Waals surface area contributed by atoms with Crippen LogP contribution in [-0.2, 0) is 13.0 Å². The van der Waals surface area contributed by atoms with Crippen LogP contribution in [-0.4, -0.2) is 78.7 Å². The first-order chi connectivity index (χ1) is 14.6. The maximum Gasteiger partial charge on any atom is 0.139 e. The van der Waals surface area contributed by atoms with E-state index in [1.165, 1.54) is 16.9 Å². The minimum atomic E-state index is 0.934. The zero-order chi connectivity index (χ0) is 20.7. The number of hydrogen-bond donors (Lipinski definition) is 0. The van der Waals surface area contributed by atoms with Crippen LogP contribution < -0.4 is 14.7 Å². The van der Waals surface area contributed by atoms with E-state index in [9.17, 15) is 0 Å². The van der Waals surface area contributed by atoms with Crippen molar-refractivity contribution in [2.24, 2.45) is 0 Å². The van der Waals surface area contributed by atoms with Crippen molar-refractivity contribution in [3.05, 3.63) is 42.1 Å². The average Bonchev–Trinajstić information content (AvgIpc) is 2.78. The van der Waals surface area contributed by atoms with E-state index in [0.717, 1.165) is 68.2 Å². The number of piperazine rings is 1. The summed E-state index contributed by atoms with van der Waals surface area (Å²) in [5, 5.41) is 1.09. The van der Waals surface area contributed by atoms with Gasteiger partial charge in [0, 0.05) is 76.4 Å². The van der Waals surface area contributed by atoms with Gasteiger partial charge in [-0.25, -0.2) is 19.9 Å². The molecule has 0 aliphatic carbocycles. The average molecular weight is 405 g/mol. The van der Waals surface area contributed by atoms with Crippen LogP contribution in [0.1, 0.15) is 11.3 Å². The van der Waals surface area contributed by atoms with Crippen molar-refractivity contribution in [3.63, 3.8) is 0 Å². The van der Waals surface area contributed by atoms with Crippen molar-refractivity contribution in [1.29, 1.82) is 0 Å². The highest BCUT2D eigenvalue weighted by molar-refractivity contribution is 5.91. The van der Waals surface area contributed by atoms with E-state index >= 15 is 0 Å². The summed E-state index contributed by atoms with van der Waals surface area (Å²) in [7, 11) is 6.21. The third kappa shape index (κ3) is 3.41. The third-order valence-corrected chi connectivity index (χ3v) is 6.14. The number of anilines is 3. The first kappa shape index (κ1) is 19.0. The van der Waals surface area contributed by atoms with Crippen LogP contribution in [0.5, 0.6) is 0 Å². The number of hydrogen-bond acceptors (Lipinski definition) is 8. The summed E-state index contributed by atoms with van der Waals surface area (Å²) < 4.78 is 0. The molecule has 5 rings (SSSR count). The molecule has 1 fully saturated rings. The summed E-state index contributed by atoms with van der Waals surface area (Å²) in [6.45, 7) is 5.84. The van der Waals surface area contributed by atoms with Gasteiger partial charge in [-0.3, -0.25) is 0 Å². The topological polar surface area (TPSA) is 64.5 Å². The van der Waals surface area contributed by atoms with Gasteiger partial charge >= 0.3 is 0 Å². The van der Waals surface area contributed by atoms with Gasteiger partial charge in [0.2, 0.25) is 0 Å². The molecule has 0 atom stereocenters. The molecule has 0 saturated carbocycles. The van der Waals surface area contributed by atoms with Crippen LogP contribution in [0.4, 0.5) is 17.3 Å². The van der Waals surface area contributed by atoms with Crippen LogP contribution in [0.15, 0.2) is 30.9 Å². The van der Waals surface area contributed by atoms with Gasteiger partial charge in [-0.15, -0.1) is 0 Å². The van der Waals surface area contributed by atoms with Crippen LogP contribution in [0.25, 0.3) is 10.9 Å². The zero-order valence-electron chi connectivity index (χ0n) is 17.9. The van der Waals surface area contributed by atoms with Crippen molar-refractivity contribution in [1.82, 2.24) is 24.8 Å². The number of aromatic nitrogens is 4. The second kappa shape index (κ2) is 7.68. The molecule has 0 unspecified atom stereocenters. The van der Waals surface area contributed by atoms with Crippen molar-refractivity contribution in [2.45, 2.75) is 13.0 Å². The van der Waals surface area contributed by atoms with Crippen LogP contribution >= 0.6 is 0 Å². The molecule has 30 heavy (non-hydrogen) atoms. The zero-order valence-corrected chi connectivity index (χ0v) is 17.9. The Morgan fingerprint density at radius 2 is 1.63 bits per heavy atom. The summed E-state index contributed by atoms with van der Waals surface area (Å²) in [4.78, 5) is 27.4. The molecule has 4 heterocycles. The smallest absolute Gasteiger partial charge is 0.139 e. The molecule has 2 aromatic heterocycles. The lowest BCUT2D eigenvalue weighted by Crippen LogP contribution is -2.47. The molecule has 2 aliphatic heterocycles. The maximum atomic E-state index is 4.67. The van der Waals surface area contributed by atoms with Crippen molar-refractivity contribution in [2.75, 3.05) is 68.6 Å². The van der Waals surface area contributed by atoms with Gasteiger partial charge in [0.25, 0.3) is 0 Å². The number of fused-ring (bicyclic) bond motifs is 2. The predicted octanol–water partition coefficient (Wildman–Crippen LogP) is 1.80. The fraction of sp³-hybridized carbons (Fsp3) is 0.455. The first-order valence-corrected chi connectivity index (χ1v) is 10.5. The van der Waals surface area contributed by atoms with E-state index in [-0.39, 0.29) is 0 Å². The Morgan fingerprint density at radius 3 is 2.43 bits per heavy atom. The van der Waals surface area contributed by atoms with Crippen LogP contribution in [0, 0.1) is 0 Å². The van der Waals surface area contributed by atoms with Crippen molar-refractivity contribution < 1.29 is 0 Å². The molecule has 8 heteroatoms. The van der Waals surface area contributed by atoms with Crippen LogP contribution in [0.2, 0.25) is 0 Å². The number of rotatable bonds is 3. The Balaban J connectivity index is 1.36. The molecule has 1 aromatic carbocycles. The second-order valence-electron chi connectivity index (χ2n) is 8.38. The molecule has 0 bridgehead atoms. The normalized spacial score (nSPS) is 17.3. The van der Waals surface area contributed by atoms with E-state index in [1.807, 2.05) is 19.0 Å². The summed E-state index contributed by atoms with van der Waals surface area (Å²) in [6, 6.07) is 6.50. The Kier molecular flexibility index (Phi) is 4.86. The standard InChI is InChI=1S/C22H28N8/c1-27(2)21-17-12-16(4-5-19(17)23-14-25-21)29-8-10-30(11-9-29)22-18-13-28(3)7-6-20(18)24-15-26-22/h4-5,12,14-15H,6-11,13H2,1-3H3. The molecule has 2 aliphatic rings. The number of nitrogens with zero attached hydrogens (tertiary/aromatic N) is 8. The second-order valence-corrected chi connectivity index (χ2v) is 8.38. The molecular formula is C22H28N8. The van der Waals surface area contributed by atoms with Gasteiger partial charge in [-0.1, -0.05) is 0 Å². The molecule has 156 valence electrons. The first-order valence-electron chi connectivity index (χ1n) is 10.5. The monoisotopic (exact) mass is 404 g/mol. The fourth-order valence-corrected chi connectivity index (χ4v) is 4.49. The van der Waals surface area contributed by atoms with E-state index in [1.54, 1.807) is 12.7 Å². The van der Waals surface area contributed by atoms with E-state index < -0.39 is 0 Å². The highest BCUT2D eigenvalue weighted by Crippen LogP contribution is 2.29. The summed E-state index contributed by atoms with van der Waals surface area (Å²) in [5.41, 5.74) is 4.72.